The van der Waals surface area contributed by atoms with Crippen molar-refractivity contribution in [1.82, 2.24) is 0 Å². The van der Waals surface area contributed by atoms with E-state index in [4.69, 9.17) is 0 Å². The zero-order chi connectivity index (χ0) is 16.1. The third kappa shape index (κ3) is 5.38. The van der Waals surface area contributed by atoms with Gasteiger partial charge in [-0.2, -0.15) is 13.2 Å². The first-order valence-corrected chi connectivity index (χ1v) is 4.57. The van der Waals surface area contributed by atoms with Crippen molar-refractivity contribution in [1.29, 1.82) is 0 Å². The predicted octanol–water partition coefficient (Wildman–Crippen LogP) is 1.55. The molecular weight excluding hydrogens is 285 g/mol. The molecule has 0 amide bonds. The maximum absolute atomic E-state index is 12.5. The molecule has 0 saturated carbocycles. The third-order valence-electron chi connectivity index (χ3n) is 1.41. The molecule has 1 radical (unpaired) electrons. The first kappa shape index (κ1) is 17.4. The van der Waals surface area contributed by atoms with Gasteiger partial charge in [0.15, 0.2) is 0 Å². The van der Waals surface area contributed by atoms with Crippen LogP contribution >= 0.6 is 0 Å². The molecule has 0 aliphatic carbocycles. The summed E-state index contributed by atoms with van der Waals surface area (Å²) < 4.78 is 49.4. The van der Waals surface area contributed by atoms with Gasteiger partial charge in [0, 0.05) is 0 Å². The summed E-state index contributed by atoms with van der Waals surface area (Å²) in [6.07, 6.45) is 0. The van der Waals surface area contributed by atoms with E-state index in [-0.39, 0.29) is 0 Å². The van der Waals surface area contributed by atoms with E-state index in [0.29, 0.717) is 0 Å². The lowest BCUT2D eigenvalue weighted by Gasteiger charge is -2.26. The first-order valence-electron chi connectivity index (χ1n) is 4.57. The van der Waals surface area contributed by atoms with Crippen LogP contribution in [0.25, 0.3) is 0 Å². The van der Waals surface area contributed by atoms with Crippen molar-refractivity contribution in [3.8, 4) is 0 Å². The summed E-state index contributed by atoms with van der Waals surface area (Å²) in [6, 6.07) is 0. The largest absolute Gasteiger partial charge is 0.424 e. The van der Waals surface area contributed by atoms with Crippen molar-refractivity contribution >= 4 is 17.9 Å². The van der Waals surface area contributed by atoms with Crippen LogP contribution in [0.15, 0.2) is 37.2 Å². The summed E-state index contributed by atoms with van der Waals surface area (Å²) in [5.41, 5.74) is 0. The topological polar surface area (TPSA) is 78.9 Å². The minimum absolute atomic E-state index is 1.68. The minimum atomic E-state index is -3.19. The molecule has 0 unspecified atom stereocenters. The summed E-state index contributed by atoms with van der Waals surface area (Å²) in [7, 11) is 0. The van der Waals surface area contributed by atoms with Crippen LogP contribution in [0, 0.1) is 6.92 Å². The fourth-order valence-electron chi connectivity index (χ4n) is 0.652. The lowest BCUT2D eigenvalue weighted by atomic mass is 10.5. The minimum Gasteiger partial charge on any atom is -0.383 e. The maximum atomic E-state index is 12.5. The van der Waals surface area contributed by atoms with Crippen LogP contribution in [0.3, 0.4) is 0 Å². The van der Waals surface area contributed by atoms with E-state index < -0.39 is 41.4 Å². The Hall–Kier alpha value is -2.58. The standard InChI is InChI=1S/C11H8F3O6/c1-5(12)8(15)18-11(4,19-9(16)6(2)13)20-10(17)7(3)14/h1-4H2. The Balaban J connectivity index is 5.21. The SMILES string of the molecule is [CH2]C(OC(=O)C(=C)F)(OC(=O)C(=C)F)OC(=O)C(=C)F. The van der Waals surface area contributed by atoms with Gasteiger partial charge in [0.25, 0.3) is 0 Å². The molecule has 0 spiro atoms. The molecule has 0 fully saturated rings. The van der Waals surface area contributed by atoms with Gasteiger partial charge in [0.2, 0.25) is 17.5 Å². The van der Waals surface area contributed by atoms with E-state index in [0.717, 1.165) is 0 Å². The molecule has 0 N–H and O–H groups in total. The molecule has 0 atom stereocenters. The van der Waals surface area contributed by atoms with Crippen molar-refractivity contribution in [3.05, 3.63) is 44.1 Å². The molecule has 0 aromatic carbocycles. The van der Waals surface area contributed by atoms with Crippen LogP contribution in [0.5, 0.6) is 0 Å². The number of carbonyl (C=O) groups is 3. The van der Waals surface area contributed by atoms with Gasteiger partial charge in [-0.3, -0.25) is 0 Å². The molecule has 6 nitrogen and oxygen atoms in total. The molecule has 0 aromatic heterocycles. The Morgan fingerprint density at radius 1 is 0.700 bits per heavy atom. The molecule has 9 heteroatoms. The van der Waals surface area contributed by atoms with Crippen molar-refractivity contribution in [2.45, 2.75) is 5.97 Å². The highest BCUT2D eigenvalue weighted by atomic mass is 19.1. The Morgan fingerprint density at radius 2 is 0.900 bits per heavy atom. The average molecular weight is 293 g/mol. The van der Waals surface area contributed by atoms with Gasteiger partial charge in [-0.1, -0.05) is 19.7 Å². The molecule has 0 heterocycles. The number of hydrogen-bond donors (Lipinski definition) is 0. The molecule has 20 heavy (non-hydrogen) atoms. The van der Waals surface area contributed by atoms with E-state index >= 15 is 0 Å². The summed E-state index contributed by atoms with van der Waals surface area (Å²) in [6.45, 7) is 10.4. The quantitative estimate of drug-likeness (QED) is 0.420. The third-order valence-corrected chi connectivity index (χ3v) is 1.41. The predicted molar refractivity (Wildman–Crippen MR) is 57.1 cm³/mol. The fraction of sp³-hybridized carbons (Fsp3) is 0.0909. The molecule has 0 bridgehead atoms. The Kier molecular flexibility index (Phi) is 5.70. The zero-order valence-corrected chi connectivity index (χ0v) is 9.91. The second-order valence-electron chi connectivity index (χ2n) is 3.07. The summed E-state index contributed by atoms with van der Waals surface area (Å²) in [5, 5.41) is 0. The number of esters is 3. The Bertz CT molecular complexity index is 427. The van der Waals surface area contributed by atoms with Gasteiger partial charge < -0.3 is 14.2 Å². The van der Waals surface area contributed by atoms with Crippen molar-refractivity contribution < 1.29 is 41.8 Å². The summed E-state index contributed by atoms with van der Waals surface area (Å²) in [5.74, 6) is -13.8. The van der Waals surface area contributed by atoms with Crippen molar-refractivity contribution in [3.63, 3.8) is 0 Å². The van der Waals surface area contributed by atoms with Crippen LogP contribution in [-0.4, -0.2) is 23.9 Å². The molecule has 109 valence electrons. The van der Waals surface area contributed by atoms with E-state index in [1.54, 1.807) is 0 Å². The van der Waals surface area contributed by atoms with Gasteiger partial charge >= 0.3 is 23.9 Å². The lowest BCUT2D eigenvalue weighted by molar-refractivity contribution is -0.302. The molecule has 0 aromatic rings. The number of hydrogen-bond acceptors (Lipinski definition) is 6. The van der Waals surface area contributed by atoms with Gasteiger partial charge in [0.05, 0.1) is 6.92 Å². The van der Waals surface area contributed by atoms with Crippen molar-refractivity contribution in [2.75, 3.05) is 0 Å². The number of halogens is 3. The van der Waals surface area contributed by atoms with Crippen LogP contribution in [0.2, 0.25) is 0 Å². The highest BCUT2D eigenvalue weighted by Gasteiger charge is 2.40. The van der Waals surface area contributed by atoms with Gasteiger partial charge in [-0.05, 0) is 0 Å². The molecule has 0 rings (SSSR count). The second kappa shape index (κ2) is 6.55. The highest BCUT2D eigenvalue weighted by molar-refractivity contribution is 5.89. The Morgan fingerprint density at radius 3 is 1.05 bits per heavy atom. The Labute approximate surface area is 111 Å². The van der Waals surface area contributed by atoms with Crippen LogP contribution in [0.4, 0.5) is 13.2 Å². The van der Waals surface area contributed by atoms with Gasteiger partial charge in [0.1, 0.15) is 0 Å². The summed E-state index contributed by atoms with van der Waals surface area (Å²) >= 11 is 0. The maximum Gasteiger partial charge on any atom is 0.424 e. The normalized spacial score (nSPS) is 10.2. The molecular formula is C11H8F3O6. The van der Waals surface area contributed by atoms with Crippen molar-refractivity contribution in [2.24, 2.45) is 0 Å². The van der Waals surface area contributed by atoms with Gasteiger partial charge in [-0.25, -0.2) is 14.4 Å². The van der Waals surface area contributed by atoms with E-state index in [2.05, 4.69) is 40.9 Å². The lowest BCUT2D eigenvalue weighted by Crippen LogP contribution is -2.42. The van der Waals surface area contributed by atoms with Crippen LogP contribution in [-0.2, 0) is 28.6 Å². The van der Waals surface area contributed by atoms with E-state index in [1.807, 2.05) is 0 Å². The first-order chi connectivity index (χ1) is 8.98. The fourth-order valence-corrected chi connectivity index (χ4v) is 0.652. The molecule has 0 saturated heterocycles. The zero-order valence-electron chi connectivity index (χ0n) is 9.91. The number of carbonyl (C=O) groups excluding carboxylic acids is 3. The smallest absolute Gasteiger partial charge is 0.383 e. The number of rotatable bonds is 6. The molecule has 0 aliphatic rings. The van der Waals surface area contributed by atoms with E-state index in [9.17, 15) is 27.6 Å². The highest BCUT2D eigenvalue weighted by Crippen LogP contribution is 2.20. The summed E-state index contributed by atoms with van der Waals surface area (Å²) in [4.78, 5) is 32.7. The monoisotopic (exact) mass is 293 g/mol. The van der Waals surface area contributed by atoms with Crippen LogP contribution < -0.4 is 0 Å². The molecule has 0 aliphatic heterocycles. The van der Waals surface area contributed by atoms with Gasteiger partial charge in [-0.15, -0.1) is 0 Å². The van der Waals surface area contributed by atoms with Crippen LogP contribution in [0.1, 0.15) is 0 Å². The average Bonchev–Trinajstić information content (AvgIpc) is 2.27. The second-order valence-corrected chi connectivity index (χ2v) is 3.07. The van der Waals surface area contributed by atoms with E-state index in [1.165, 1.54) is 0 Å². The number of ether oxygens (including phenoxy) is 3.